The summed E-state index contributed by atoms with van der Waals surface area (Å²) in [4.78, 5) is 15.7. The van der Waals surface area contributed by atoms with Crippen molar-refractivity contribution in [1.82, 2.24) is 19.7 Å². The quantitative estimate of drug-likeness (QED) is 0.316. The Labute approximate surface area is 195 Å². The molecule has 33 heavy (non-hydrogen) atoms. The molecule has 0 spiro atoms. The highest BCUT2D eigenvalue weighted by atomic mass is 35.5. The van der Waals surface area contributed by atoms with Crippen LogP contribution in [0, 0.1) is 0 Å². The van der Waals surface area contributed by atoms with Crippen LogP contribution >= 0.6 is 23.4 Å². The second-order valence-electron chi connectivity index (χ2n) is 7.68. The topological polar surface area (TPSA) is 75.6 Å². The highest BCUT2D eigenvalue weighted by Crippen LogP contribution is 2.42. The van der Waals surface area contributed by atoms with E-state index in [1.807, 2.05) is 35.0 Å². The van der Waals surface area contributed by atoms with Gasteiger partial charge < -0.3 is 10.3 Å². The van der Waals surface area contributed by atoms with Gasteiger partial charge in [0.2, 0.25) is 5.91 Å². The van der Waals surface area contributed by atoms with Crippen molar-refractivity contribution in [1.29, 1.82) is 0 Å². The van der Waals surface area contributed by atoms with E-state index in [0.717, 1.165) is 53.3 Å². The number of para-hydroxylation sites is 1. The molecule has 0 aliphatic heterocycles. The minimum Gasteiger partial charge on any atom is -0.360 e. The second kappa shape index (κ2) is 8.42. The molecular formula is C22H17ClF3N5OS. The Bertz CT molecular complexity index is 1350. The molecule has 0 bridgehead atoms. The molecule has 0 radical (unpaired) electrons. The lowest BCUT2D eigenvalue weighted by atomic mass is 10.1. The number of hydrogen-bond acceptors (Lipinski definition) is 4. The Morgan fingerprint density at radius 1 is 1.21 bits per heavy atom. The molecule has 0 unspecified atom stereocenters. The second-order valence-corrected chi connectivity index (χ2v) is 9.03. The lowest BCUT2D eigenvalue weighted by Crippen LogP contribution is -2.16. The number of nitrogens with one attached hydrogen (secondary N) is 2. The van der Waals surface area contributed by atoms with Crippen molar-refractivity contribution >= 4 is 45.9 Å². The molecule has 0 atom stereocenters. The third-order valence-corrected chi connectivity index (χ3v) is 6.58. The summed E-state index contributed by atoms with van der Waals surface area (Å²) in [6.07, 6.45) is -0.650. The predicted octanol–water partition coefficient (Wildman–Crippen LogP) is 6.16. The largest absolute Gasteiger partial charge is 0.416 e. The molecule has 1 aliphatic carbocycles. The van der Waals surface area contributed by atoms with Gasteiger partial charge in [0.1, 0.15) is 0 Å². The Kier molecular flexibility index (Phi) is 5.57. The number of hydrogen-bond donors (Lipinski definition) is 2. The SMILES string of the molecule is O=C(CSc1nnc(-c2c[nH]c3ccccc23)n1C1CC1)Nc1cc(C(F)(F)F)ccc1Cl. The maximum absolute atomic E-state index is 13.0. The first-order valence-electron chi connectivity index (χ1n) is 10.1. The highest BCUT2D eigenvalue weighted by Gasteiger charge is 2.32. The molecule has 6 nitrogen and oxygen atoms in total. The summed E-state index contributed by atoms with van der Waals surface area (Å²) in [5.41, 5.74) is 0.952. The van der Waals surface area contributed by atoms with Crippen LogP contribution in [0.25, 0.3) is 22.3 Å². The zero-order chi connectivity index (χ0) is 23.2. The summed E-state index contributed by atoms with van der Waals surface area (Å²) in [6.45, 7) is 0. The Hall–Kier alpha value is -2.98. The fraction of sp³-hybridized carbons (Fsp3) is 0.227. The minimum atomic E-state index is -4.53. The van der Waals surface area contributed by atoms with Crippen LogP contribution in [-0.2, 0) is 11.0 Å². The van der Waals surface area contributed by atoms with Gasteiger partial charge in [-0.05, 0) is 37.1 Å². The van der Waals surface area contributed by atoms with Gasteiger partial charge in [0.05, 0.1) is 22.0 Å². The fourth-order valence-electron chi connectivity index (χ4n) is 3.59. The van der Waals surface area contributed by atoms with E-state index in [9.17, 15) is 18.0 Å². The van der Waals surface area contributed by atoms with E-state index in [-0.39, 0.29) is 22.5 Å². The summed E-state index contributed by atoms with van der Waals surface area (Å²) in [6, 6.07) is 11.0. The predicted molar refractivity (Wildman–Crippen MR) is 121 cm³/mol. The maximum atomic E-state index is 13.0. The van der Waals surface area contributed by atoms with Gasteiger partial charge in [-0.25, -0.2) is 0 Å². The Morgan fingerprint density at radius 2 is 2.00 bits per heavy atom. The highest BCUT2D eigenvalue weighted by molar-refractivity contribution is 7.99. The molecule has 2 N–H and O–H groups in total. The standard InChI is InChI=1S/C22H17ClF3N5OS/c23-16-8-5-12(22(24,25)26)9-18(16)28-19(32)11-33-21-30-29-20(31(21)13-6-7-13)15-10-27-17-4-2-1-3-14(15)17/h1-5,8-10,13,27H,6-7,11H2,(H,28,32). The zero-order valence-electron chi connectivity index (χ0n) is 17.0. The number of anilines is 1. The molecule has 4 aromatic rings. The maximum Gasteiger partial charge on any atom is 0.416 e. The van der Waals surface area contributed by atoms with Crippen LogP contribution in [-0.4, -0.2) is 31.4 Å². The van der Waals surface area contributed by atoms with E-state index < -0.39 is 17.6 Å². The molecule has 1 aliphatic rings. The average molecular weight is 492 g/mol. The molecule has 11 heteroatoms. The van der Waals surface area contributed by atoms with Crippen molar-refractivity contribution < 1.29 is 18.0 Å². The van der Waals surface area contributed by atoms with Crippen molar-refractivity contribution in [3.8, 4) is 11.4 Å². The van der Waals surface area contributed by atoms with E-state index in [1.165, 1.54) is 11.8 Å². The number of fused-ring (bicyclic) bond motifs is 1. The average Bonchev–Trinajstić information content (AvgIpc) is 3.39. The monoisotopic (exact) mass is 491 g/mol. The number of carbonyl (C=O) groups is 1. The van der Waals surface area contributed by atoms with E-state index in [1.54, 1.807) is 0 Å². The number of H-pyrrole nitrogens is 1. The molecule has 0 saturated heterocycles. The van der Waals surface area contributed by atoms with Crippen molar-refractivity contribution in [3.05, 3.63) is 59.2 Å². The number of aromatic nitrogens is 4. The lowest BCUT2D eigenvalue weighted by Gasteiger charge is -2.12. The van der Waals surface area contributed by atoms with Gasteiger partial charge in [0, 0.05) is 28.7 Å². The molecule has 1 saturated carbocycles. The van der Waals surface area contributed by atoms with Crippen LogP contribution in [0.5, 0.6) is 0 Å². The van der Waals surface area contributed by atoms with E-state index >= 15 is 0 Å². The van der Waals surface area contributed by atoms with Gasteiger partial charge in [-0.15, -0.1) is 10.2 Å². The Balaban J connectivity index is 1.34. The van der Waals surface area contributed by atoms with E-state index in [2.05, 4.69) is 20.5 Å². The number of carbonyl (C=O) groups excluding carboxylic acids is 1. The van der Waals surface area contributed by atoms with Crippen LogP contribution in [0.2, 0.25) is 5.02 Å². The number of aromatic amines is 1. The summed E-state index contributed by atoms with van der Waals surface area (Å²) in [7, 11) is 0. The molecular weight excluding hydrogens is 475 g/mol. The number of thioether (sulfide) groups is 1. The lowest BCUT2D eigenvalue weighted by molar-refractivity contribution is -0.137. The van der Waals surface area contributed by atoms with Gasteiger partial charge in [-0.1, -0.05) is 41.6 Å². The van der Waals surface area contributed by atoms with Gasteiger partial charge >= 0.3 is 6.18 Å². The van der Waals surface area contributed by atoms with Gasteiger partial charge in [-0.3, -0.25) is 9.36 Å². The number of halogens is 4. The number of amides is 1. The molecule has 2 aromatic carbocycles. The van der Waals surface area contributed by atoms with Gasteiger partial charge in [0.25, 0.3) is 0 Å². The minimum absolute atomic E-state index is 0.0316. The summed E-state index contributed by atoms with van der Waals surface area (Å²) in [5.74, 6) is 0.185. The summed E-state index contributed by atoms with van der Waals surface area (Å²) in [5, 5.41) is 12.8. The Morgan fingerprint density at radius 3 is 2.76 bits per heavy atom. The van der Waals surface area contributed by atoms with Gasteiger partial charge in [-0.2, -0.15) is 13.2 Å². The van der Waals surface area contributed by atoms with Gasteiger partial charge in [0.15, 0.2) is 11.0 Å². The van der Waals surface area contributed by atoms with Crippen LogP contribution in [0.15, 0.2) is 53.8 Å². The number of nitrogens with zero attached hydrogens (tertiary/aromatic N) is 3. The van der Waals surface area contributed by atoms with Crippen LogP contribution in [0.4, 0.5) is 18.9 Å². The fourth-order valence-corrected chi connectivity index (χ4v) is 4.56. The van der Waals surface area contributed by atoms with Crippen molar-refractivity contribution in [3.63, 3.8) is 0 Å². The van der Waals surface area contributed by atoms with Crippen LogP contribution in [0.3, 0.4) is 0 Å². The van der Waals surface area contributed by atoms with Crippen LogP contribution in [0.1, 0.15) is 24.4 Å². The summed E-state index contributed by atoms with van der Waals surface area (Å²) >= 11 is 7.16. The normalized spacial score (nSPS) is 14.1. The summed E-state index contributed by atoms with van der Waals surface area (Å²) < 4.78 is 40.9. The van der Waals surface area contributed by atoms with Crippen LogP contribution < -0.4 is 5.32 Å². The molecule has 1 fully saturated rings. The molecule has 2 aromatic heterocycles. The number of rotatable bonds is 6. The number of benzene rings is 2. The number of alkyl halides is 3. The molecule has 5 rings (SSSR count). The first kappa shape index (κ1) is 21.8. The van der Waals surface area contributed by atoms with Crippen molar-refractivity contribution in [2.24, 2.45) is 0 Å². The zero-order valence-corrected chi connectivity index (χ0v) is 18.6. The van der Waals surface area contributed by atoms with Crippen molar-refractivity contribution in [2.45, 2.75) is 30.2 Å². The van der Waals surface area contributed by atoms with E-state index in [0.29, 0.717) is 5.16 Å². The smallest absolute Gasteiger partial charge is 0.360 e. The third kappa shape index (κ3) is 4.45. The van der Waals surface area contributed by atoms with E-state index in [4.69, 9.17) is 11.6 Å². The molecule has 2 heterocycles. The van der Waals surface area contributed by atoms with Crippen molar-refractivity contribution in [2.75, 3.05) is 11.1 Å². The molecule has 1 amide bonds. The first-order chi connectivity index (χ1) is 15.8. The first-order valence-corrected chi connectivity index (χ1v) is 11.5. The third-order valence-electron chi connectivity index (χ3n) is 5.31. The molecule has 170 valence electrons.